The van der Waals surface area contributed by atoms with Gasteiger partial charge in [-0.2, -0.15) is 0 Å². The van der Waals surface area contributed by atoms with Crippen LogP contribution in [0.25, 0.3) is 0 Å². The zero-order chi connectivity index (χ0) is 7.15. The van der Waals surface area contributed by atoms with Gasteiger partial charge in [0.15, 0.2) is 0 Å². The second-order valence-electron chi connectivity index (χ2n) is 0.610. The standard InChI is InChI=1S/C2H2O4.2H2O.O.Zr/c3-1(4)2(5)6;;;;/h(H,3,4)(H,5,6);2*1H2;;. The molecule has 0 heterocycles. The van der Waals surface area contributed by atoms with E-state index < -0.39 is 11.9 Å². The van der Waals surface area contributed by atoms with Gasteiger partial charge in [0.2, 0.25) is 0 Å². The van der Waals surface area contributed by atoms with E-state index in [-0.39, 0.29) is 11.0 Å². The SMILES string of the molecule is O.O.O=C(O)C(=O)O.[O]=[Zr]. The molecule has 8 heteroatoms. The van der Waals surface area contributed by atoms with Gasteiger partial charge in [0, 0.05) is 0 Å². The third kappa shape index (κ3) is 25.7. The predicted octanol–water partition coefficient (Wildman–Crippen LogP) is -2.62. The van der Waals surface area contributed by atoms with Gasteiger partial charge >= 0.3 is 39.5 Å². The second kappa shape index (κ2) is 15.8. The summed E-state index contributed by atoms with van der Waals surface area (Å²) in [4.78, 5) is 18.2. The molecule has 0 radical (unpaired) electrons. The quantitative estimate of drug-likeness (QED) is 0.438. The van der Waals surface area contributed by atoms with Gasteiger partial charge in [0.25, 0.3) is 0 Å². The molecule has 7 nitrogen and oxygen atoms in total. The molecule has 60 valence electrons. The van der Waals surface area contributed by atoms with Crippen LogP contribution in [0, 0.1) is 0 Å². The van der Waals surface area contributed by atoms with Gasteiger partial charge in [-0.15, -0.1) is 0 Å². The maximum atomic E-state index is 9.10. The van der Waals surface area contributed by atoms with Crippen molar-refractivity contribution in [3.63, 3.8) is 0 Å². The first-order valence-electron chi connectivity index (χ1n) is 1.31. The Labute approximate surface area is 70.6 Å². The molecule has 0 spiro atoms. The number of carboxylic acids is 2. The van der Waals surface area contributed by atoms with Gasteiger partial charge in [-0.1, -0.05) is 0 Å². The van der Waals surface area contributed by atoms with Crippen molar-refractivity contribution in [2.75, 3.05) is 0 Å². The van der Waals surface area contributed by atoms with E-state index in [1.54, 1.807) is 0 Å². The Morgan fingerprint density at radius 2 is 1.00 bits per heavy atom. The molecule has 0 saturated carbocycles. The van der Waals surface area contributed by atoms with E-state index in [0.717, 1.165) is 0 Å². The van der Waals surface area contributed by atoms with Gasteiger partial charge in [-0.25, -0.2) is 9.59 Å². The van der Waals surface area contributed by atoms with Crippen LogP contribution in [0.3, 0.4) is 0 Å². The molecule has 0 atom stereocenters. The van der Waals surface area contributed by atoms with Crippen LogP contribution < -0.4 is 0 Å². The molecule has 0 amide bonds. The first-order chi connectivity index (χ1) is 3.64. The average Bonchev–Trinajstić information content (AvgIpc) is 1.72. The molecule has 0 saturated heterocycles. The molecule has 0 unspecified atom stereocenters. The normalized spacial score (nSPS) is 4.70. The van der Waals surface area contributed by atoms with Crippen molar-refractivity contribution >= 4 is 11.9 Å². The predicted molar refractivity (Wildman–Crippen MR) is 23.2 cm³/mol. The van der Waals surface area contributed by atoms with Crippen LogP contribution in [0.5, 0.6) is 0 Å². The summed E-state index contributed by atoms with van der Waals surface area (Å²) in [6.45, 7) is 0. The van der Waals surface area contributed by atoms with E-state index in [0.29, 0.717) is 24.7 Å². The summed E-state index contributed by atoms with van der Waals surface area (Å²) in [7, 11) is 0. The van der Waals surface area contributed by atoms with Gasteiger partial charge < -0.3 is 21.2 Å². The van der Waals surface area contributed by atoms with E-state index in [9.17, 15) is 0 Å². The van der Waals surface area contributed by atoms with Crippen molar-refractivity contribution < 1.29 is 58.3 Å². The molecule has 0 aliphatic rings. The first-order valence-corrected chi connectivity index (χ1v) is 2.31. The Morgan fingerprint density at radius 3 is 1.00 bits per heavy atom. The number of carbonyl (C=O) groups is 2. The topological polar surface area (TPSA) is 155 Å². The molecule has 0 aliphatic heterocycles. The molecule has 0 fully saturated rings. The third-order valence-corrected chi connectivity index (χ3v) is 0.183. The Morgan fingerprint density at radius 1 is 0.900 bits per heavy atom. The monoisotopic (exact) mass is 232 g/mol. The fraction of sp³-hybridized carbons (Fsp3) is 0. The number of rotatable bonds is 0. The number of hydrogen-bond acceptors (Lipinski definition) is 3. The Hall–Kier alpha value is -0.457. The van der Waals surface area contributed by atoms with E-state index >= 15 is 0 Å². The van der Waals surface area contributed by atoms with Crippen LogP contribution in [-0.4, -0.2) is 33.1 Å². The van der Waals surface area contributed by atoms with E-state index in [4.69, 9.17) is 22.6 Å². The Balaban J connectivity index is -0.0000000412. The minimum absolute atomic E-state index is 0. The number of aliphatic carboxylic acids is 2. The van der Waals surface area contributed by atoms with Gasteiger partial charge in [0.1, 0.15) is 0 Å². The van der Waals surface area contributed by atoms with E-state index in [1.807, 2.05) is 0 Å². The maximum absolute atomic E-state index is 9.10. The van der Waals surface area contributed by atoms with Crippen LogP contribution in [0.2, 0.25) is 0 Å². The summed E-state index contributed by atoms with van der Waals surface area (Å²) >= 11 is 0.300. The van der Waals surface area contributed by atoms with Crippen LogP contribution in [0.15, 0.2) is 0 Å². The van der Waals surface area contributed by atoms with Gasteiger partial charge in [0.05, 0.1) is 0 Å². The summed E-state index contributed by atoms with van der Waals surface area (Å²) < 4.78 is 8.34. The Bertz CT molecular complexity index is 87.8. The number of carboxylic acid groups (broad SMARTS) is 2. The summed E-state index contributed by atoms with van der Waals surface area (Å²) in [5.74, 6) is -3.65. The minimum atomic E-state index is -1.82. The second-order valence-corrected chi connectivity index (χ2v) is 0.610. The summed E-state index contributed by atoms with van der Waals surface area (Å²) in [5, 5.41) is 14.8. The molecule has 0 aromatic rings. The van der Waals surface area contributed by atoms with Crippen molar-refractivity contribution in [3.05, 3.63) is 0 Å². The average molecular weight is 233 g/mol. The molecule has 0 aromatic carbocycles. The van der Waals surface area contributed by atoms with Crippen molar-refractivity contribution in [1.82, 2.24) is 0 Å². The summed E-state index contributed by atoms with van der Waals surface area (Å²) in [6.07, 6.45) is 0. The van der Waals surface area contributed by atoms with Crippen LogP contribution in [0.1, 0.15) is 0 Å². The van der Waals surface area contributed by atoms with Crippen molar-refractivity contribution in [1.29, 1.82) is 0 Å². The zero-order valence-corrected chi connectivity index (χ0v) is 7.08. The van der Waals surface area contributed by atoms with Crippen molar-refractivity contribution in [2.24, 2.45) is 0 Å². The van der Waals surface area contributed by atoms with Crippen molar-refractivity contribution in [3.8, 4) is 0 Å². The third-order valence-electron chi connectivity index (χ3n) is 0.183. The molecule has 0 aromatic heterocycles. The van der Waals surface area contributed by atoms with Crippen LogP contribution >= 0.6 is 0 Å². The molecule has 0 aliphatic carbocycles. The van der Waals surface area contributed by atoms with E-state index in [1.165, 1.54) is 0 Å². The zero-order valence-electron chi connectivity index (χ0n) is 4.62. The van der Waals surface area contributed by atoms with E-state index in [2.05, 4.69) is 0 Å². The molecule has 10 heavy (non-hydrogen) atoms. The molecular weight excluding hydrogens is 227 g/mol. The van der Waals surface area contributed by atoms with Crippen LogP contribution in [0.4, 0.5) is 0 Å². The summed E-state index contributed by atoms with van der Waals surface area (Å²) in [5.41, 5.74) is 0. The molecule has 0 bridgehead atoms. The van der Waals surface area contributed by atoms with Crippen molar-refractivity contribution in [2.45, 2.75) is 0 Å². The van der Waals surface area contributed by atoms with Crippen LogP contribution in [-0.2, 0) is 37.1 Å². The van der Waals surface area contributed by atoms with Gasteiger partial charge in [-0.3, -0.25) is 0 Å². The first kappa shape index (κ1) is 22.7. The van der Waals surface area contributed by atoms with Gasteiger partial charge in [-0.05, 0) is 0 Å². The molecule has 6 N–H and O–H groups in total. The fourth-order valence-electron chi connectivity index (χ4n) is 0. The molecule has 0 rings (SSSR count). The Kier molecular flexibility index (Phi) is 35.9. The molecular formula is C2H6O7Zr. The summed E-state index contributed by atoms with van der Waals surface area (Å²) in [6, 6.07) is 0. The number of hydrogen-bond donors (Lipinski definition) is 2. The fourth-order valence-corrected chi connectivity index (χ4v) is 0.